The van der Waals surface area contributed by atoms with Crippen LogP contribution in [0.5, 0.6) is 5.75 Å². The summed E-state index contributed by atoms with van der Waals surface area (Å²) in [5.41, 5.74) is 2.57. The highest BCUT2D eigenvalue weighted by Crippen LogP contribution is 2.31. The van der Waals surface area contributed by atoms with E-state index >= 15 is 0 Å². The fourth-order valence-electron chi connectivity index (χ4n) is 3.61. The molecule has 3 rings (SSSR count). The normalized spacial score (nSPS) is 14.9. The Morgan fingerprint density at radius 2 is 1.87 bits per heavy atom. The average molecular weight is 430 g/mol. The second-order valence-electron chi connectivity index (χ2n) is 7.60. The molecule has 2 aromatic carbocycles. The molecule has 0 unspecified atom stereocenters. The standard InChI is InChI=1S/C23H28ClN3O3/c1-16-12-20(21(30-2)13-19(16)24)26-22(28)15-27-10-8-18(9-11-27)23(29)25-14-17-6-4-3-5-7-17/h3-7,12-13,18H,8-11,14-15H2,1-2H3,(H,25,29)(H,26,28). The van der Waals surface area contributed by atoms with E-state index in [2.05, 4.69) is 15.5 Å². The minimum atomic E-state index is -0.109. The summed E-state index contributed by atoms with van der Waals surface area (Å²) >= 11 is 6.12. The second kappa shape index (κ2) is 10.5. The first kappa shape index (κ1) is 22.1. The molecule has 0 radical (unpaired) electrons. The van der Waals surface area contributed by atoms with Crippen molar-refractivity contribution in [2.75, 3.05) is 32.1 Å². The van der Waals surface area contributed by atoms with Crippen molar-refractivity contribution < 1.29 is 14.3 Å². The molecule has 0 aromatic heterocycles. The summed E-state index contributed by atoms with van der Waals surface area (Å²) in [6, 6.07) is 13.4. The largest absolute Gasteiger partial charge is 0.495 e. The predicted octanol–water partition coefficient (Wildman–Crippen LogP) is 3.62. The van der Waals surface area contributed by atoms with Gasteiger partial charge in [-0.05, 0) is 50.0 Å². The highest BCUT2D eigenvalue weighted by Gasteiger charge is 2.26. The lowest BCUT2D eigenvalue weighted by atomic mass is 9.96. The summed E-state index contributed by atoms with van der Waals surface area (Å²) in [6.45, 7) is 4.14. The summed E-state index contributed by atoms with van der Waals surface area (Å²) in [6.07, 6.45) is 1.49. The van der Waals surface area contributed by atoms with Gasteiger partial charge in [-0.25, -0.2) is 0 Å². The fraction of sp³-hybridized carbons (Fsp3) is 0.391. The molecule has 1 saturated heterocycles. The van der Waals surface area contributed by atoms with Crippen LogP contribution in [0.1, 0.15) is 24.0 Å². The molecule has 2 amide bonds. The van der Waals surface area contributed by atoms with Crippen LogP contribution in [-0.4, -0.2) is 43.5 Å². The van der Waals surface area contributed by atoms with E-state index in [4.69, 9.17) is 16.3 Å². The summed E-state index contributed by atoms with van der Waals surface area (Å²) in [5.74, 6) is 0.506. The molecule has 0 aliphatic carbocycles. The van der Waals surface area contributed by atoms with Gasteiger partial charge in [0, 0.05) is 23.6 Å². The van der Waals surface area contributed by atoms with Crippen LogP contribution in [-0.2, 0) is 16.1 Å². The molecule has 0 bridgehead atoms. The van der Waals surface area contributed by atoms with Gasteiger partial charge in [0.1, 0.15) is 5.75 Å². The highest BCUT2D eigenvalue weighted by molar-refractivity contribution is 6.31. The average Bonchev–Trinajstić information content (AvgIpc) is 2.75. The number of amides is 2. The molecule has 7 heteroatoms. The number of nitrogens with zero attached hydrogens (tertiary/aromatic N) is 1. The van der Waals surface area contributed by atoms with Gasteiger partial charge in [-0.2, -0.15) is 0 Å². The van der Waals surface area contributed by atoms with E-state index in [-0.39, 0.29) is 24.3 Å². The third-order valence-electron chi connectivity index (χ3n) is 5.39. The molecule has 1 heterocycles. The van der Waals surface area contributed by atoms with Crippen LogP contribution in [0.25, 0.3) is 0 Å². The Bertz CT molecular complexity index is 881. The highest BCUT2D eigenvalue weighted by atomic mass is 35.5. The molecule has 2 aromatic rings. The molecule has 160 valence electrons. The molecule has 1 aliphatic rings. The maximum Gasteiger partial charge on any atom is 0.238 e. The van der Waals surface area contributed by atoms with E-state index in [1.807, 2.05) is 43.3 Å². The second-order valence-corrected chi connectivity index (χ2v) is 8.01. The van der Waals surface area contributed by atoms with Gasteiger partial charge in [0.25, 0.3) is 0 Å². The Morgan fingerprint density at radius 3 is 2.53 bits per heavy atom. The maximum atomic E-state index is 12.5. The van der Waals surface area contributed by atoms with Gasteiger partial charge in [-0.1, -0.05) is 41.9 Å². The lowest BCUT2D eigenvalue weighted by molar-refractivity contribution is -0.126. The fourth-order valence-corrected chi connectivity index (χ4v) is 3.76. The van der Waals surface area contributed by atoms with Crippen LogP contribution >= 0.6 is 11.6 Å². The molecular formula is C23H28ClN3O3. The SMILES string of the molecule is COc1cc(Cl)c(C)cc1NC(=O)CN1CCC(C(=O)NCc2ccccc2)CC1. The van der Waals surface area contributed by atoms with Crippen LogP contribution in [0.15, 0.2) is 42.5 Å². The van der Waals surface area contributed by atoms with E-state index in [1.165, 1.54) is 0 Å². The number of hydrogen-bond acceptors (Lipinski definition) is 4. The molecule has 2 N–H and O–H groups in total. The Hall–Kier alpha value is -2.57. The van der Waals surface area contributed by atoms with E-state index in [9.17, 15) is 9.59 Å². The molecule has 1 aliphatic heterocycles. The van der Waals surface area contributed by atoms with Gasteiger partial charge < -0.3 is 15.4 Å². The molecule has 0 spiro atoms. The van der Waals surface area contributed by atoms with Gasteiger partial charge >= 0.3 is 0 Å². The van der Waals surface area contributed by atoms with Crippen LogP contribution < -0.4 is 15.4 Å². The zero-order chi connectivity index (χ0) is 21.5. The first-order valence-corrected chi connectivity index (χ1v) is 10.5. The quantitative estimate of drug-likeness (QED) is 0.705. The Balaban J connectivity index is 1.45. The van der Waals surface area contributed by atoms with Crippen LogP contribution in [0.4, 0.5) is 5.69 Å². The molecular weight excluding hydrogens is 402 g/mol. The van der Waals surface area contributed by atoms with Crippen molar-refractivity contribution in [1.29, 1.82) is 0 Å². The lowest BCUT2D eigenvalue weighted by Gasteiger charge is -2.30. The first-order valence-electron chi connectivity index (χ1n) is 10.1. The molecule has 1 fully saturated rings. The van der Waals surface area contributed by atoms with Crippen molar-refractivity contribution in [1.82, 2.24) is 10.2 Å². The summed E-state index contributed by atoms with van der Waals surface area (Å²) in [4.78, 5) is 27.0. The minimum absolute atomic E-state index is 0.00738. The number of carbonyl (C=O) groups excluding carboxylic acids is 2. The van der Waals surface area contributed by atoms with Crippen LogP contribution in [0.3, 0.4) is 0 Å². The zero-order valence-corrected chi connectivity index (χ0v) is 18.2. The molecule has 0 atom stereocenters. The first-order chi connectivity index (χ1) is 14.5. The van der Waals surface area contributed by atoms with Gasteiger partial charge in [-0.15, -0.1) is 0 Å². The van der Waals surface area contributed by atoms with Gasteiger partial charge in [0.05, 0.1) is 19.3 Å². The van der Waals surface area contributed by atoms with Crippen molar-refractivity contribution in [3.8, 4) is 5.75 Å². The van der Waals surface area contributed by atoms with Crippen molar-refractivity contribution in [3.05, 3.63) is 58.6 Å². The van der Waals surface area contributed by atoms with Gasteiger partial charge in [0.2, 0.25) is 11.8 Å². The van der Waals surface area contributed by atoms with Crippen molar-refractivity contribution >= 4 is 29.1 Å². The number of anilines is 1. The zero-order valence-electron chi connectivity index (χ0n) is 17.4. The van der Waals surface area contributed by atoms with Crippen molar-refractivity contribution in [2.45, 2.75) is 26.3 Å². The number of aryl methyl sites for hydroxylation is 1. The van der Waals surface area contributed by atoms with Crippen molar-refractivity contribution in [3.63, 3.8) is 0 Å². The van der Waals surface area contributed by atoms with E-state index in [0.29, 0.717) is 36.1 Å². The Labute approximate surface area is 182 Å². The topological polar surface area (TPSA) is 70.7 Å². The number of piperidine rings is 1. The number of methoxy groups -OCH3 is 1. The molecule has 0 saturated carbocycles. The number of likely N-dealkylation sites (tertiary alicyclic amines) is 1. The van der Waals surface area contributed by atoms with Crippen LogP contribution in [0.2, 0.25) is 5.02 Å². The van der Waals surface area contributed by atoms with Crippen LogP contribution in [0, 0.1) is 12.8 Å². The van der Waals surface area contributed by atoms with Gasteiger partial charge in [-0.3, -0.25) is 14.5 Å². The van der Waals surface area contributed by atoms with E-state index in [0.717, 1.165) is 24.0 Å². The molecule has 6 nitrogen and oxygen atoms in total. The Kier molecular flexibility index (Phi) is 7.71. The summed E-state index contributed by atoms with van der Waals surface area (Å²) in [5, 5.41) is 6.52. The predicted molar refractivity (Wildman–Crippen MR) is 119 cm³/mol. The van der Waals surface area contributed by atoms with E-state index in [1.54, 1.807) is 13.2 Å². The smallest absolute Gasteiger partial charge is 0.238 e. The van der Waals surface area contributed by atoms with Crippen molar-refractivity contribution in [2.24, 2.45) is 5.92 Å². The number of rotatable bonds is 7. The number of hydrogen-bond donors (Lipinski definition) is 2. The number of halogens is 1. The Morgan fingerprint density at radius 1 is 1.17 bits per heavy atom. The molecule has 30 heavy (non-hydrogen) atoms. The maximum absolute atomic E-state index is 12.5. The van der Waals surface area contributed by atoms with Gasteiger partial charge in [0.15, 0.2) is 0 Å². The third kappa shape index (κ3) is 5.97. The summed E-state index contributed by atoms with van der Waals surface area (Å²) in [7, 11) is 1.55. The third-order valence-corrected chi connectivity index (χ3v) is 5.80. The number of nitrogens with one attached hydrogen (secondary N) is 2. The number of carbonyl (C=O) groups is 2. The lowest BCUT2D eigenvalue weighted by Crippen LogP contribution is -2.43. The monoisotopic (exact) mass is 429 g/mol. The number of ether oxygens (including phenoxy) is 1. The minimum Gasteiger partial charge on any atom is -0.495 e. The number of benzene rings is 2. The van der Waals surface area contributed by atoms with E-state index < -0.39 is 0 Å². The summed E-state index contributed by atoms with van der Waals surface area (Å²) < 4.78 is 5.31.